The Labute approximate surface area is 113 Å². The quantitative estimate of drug-likeness (QED) is 0.850. The number of thioether (sulfide) groups is 1. The molecule has 2 atom stereocenters. The highest BCUT2D eigenvalue weighted by atomic mass is 32.2. The molecule has 0 radical (unpaired) electrons. The van der Waals surface area contributed by atoms with E-state index >= 15 is 0 Å². The third-order valence-corrected chi connectivity index (χ3v) is 4.25. The standard InChI is InChI=1S/C14H21NO2S/c1-17-9-12(16)8-15-14-10-18-7-6-11-4-2-3-5-13(11)14/h2-5,12,14-16H,6-10H2,1H3. The van der Waals surface area contributed by atoms with Crippen molar-refractivity contribution in [3.63, 3.8) is 0 Å². The zero-order valence-corrected chi connectivity index (χ0v) is 11.6. The lowest BCUT2D eigenvalue weighted by Crippen LogP contribution is -2.34. The summed E-state index contributed by atoms with van der Waals surface area (Å²) >= 11 is 1.97. The van der Waals surface area contributed by atoms with Crippen molar-refractivity contribution in [3.8, 4) is 0 Å². The lowest BCUT2D eigenvalue weighted by Gasteiger charge is -2.20. The van der Waals surface area contributed by atoms with Gasteiger partial charge in [0.15, 0.2) is 0 Å². The molecule has 4 heteroatoms. The molecule has 0 saturated heterocycles. The molecule has 1 aliphatic heterocycles. The van der Waals surface area contributed by atoms with Gasteiger partial charge in [0.25, 0.3) is 0 Å². The fourth-order valence-electron chi connectivity index (χ4n) is 2.27. The van der Waals surface area contributed by atoms with Gasteiger partial charge in [-0.3, -0.25) is 0 Å². The highest BCUT2D eigenvalue weighted by Gasteiger charge is 2.18. The molecular weight excluding hydrogens is 246 g/mol. The number of hydrogen-bond donors (Lipinski definition) is 2. The van der Waals surface area contributed by atoms with Crippen LogP contribution in [0, 0.1) is 0 Å². The molecule has 18 heavy (non-hydrogen) atoms. The maximum absolute atomic E-state index is 9.70. The average Bonchev–Trinajstić information content (AvgIpc) is 2.59. The van der Waals surface area contributed by atoms with Crippen LogP contribution in [0.2, 0.25) is 0 Å². The van der Waals surface area contributed by atoms with Gasteiger partial charge in [-0.05, 0) is 23.3 Å². The first-order chi connectivity index (χ1) is 8.81. The fraction of sp³-hybridized carbons (Fsp3) is 0.571. The number of aliphatic hydroxyl groups excluding tert-OH is 1. The van der Waals surface area contributed by atoms with E-state index in [-0.39, 0.29) is 0 Å². The van der Waals surface area contributed by atoms with Crippen LogP contribution < -0.4 is 5.32 Å². The van der Waals surface area contributed by atoms with Crippen molar-refractivity contribution in [2.24, 2.45) is 0 Å². The van der Waals surface area contributed by atoms with Gasteiger partial charge in [0.1, 0.15) is 0 Å². The SMILES string of the molecule is COCC(O)CNC1CSCCc2ccccc21. The van der Waals surface area contributed by atoms with Crippen molar-refractivity contribution >= 4 is 11.8 Å². The molecule has 2 rings (SSSR count). The number of hydrogen-bond acceptors (Lipinski definition) is 4. The lowest BCUT2D eigenvalue weighted by atomic mass is 9.99. The molecule has 0 aliphatic carbocycles. The van der Waals surface area contributed by atoms with E-state index in [0.29, 0.717) is 19.2 Å². The number of rotatable bonds is 5. The first-order valence-corrected chi connectivity index (χ1v) is 7.52. The van der Waals surface area contributed by atoms with Gasteiger partial charge in [0, 0.05) is 25.4 Å². The van der Waals surface area contributed by atoms with Crippen LogP contribution in [0.1, 0.15) is 17.2 Å². The zero-order valence-electron chi connectivity index (χ0n) is 10.8. The van der Waals surface area contributed by atoms with Gasteiger partial charge < -0.3 is 15.2 Å². The third-order valence-electron chi connectivity index (χ3n) is 3.19. The summed E-state index contributed by atoms with van der Waals surface area (Å²) in [6.45, 7) is 0.960. The van der Waals surface area contributed by atoms with E-state index in [4.69, 9.17) is 4.74 Å². The Morgan fingerprint density at radius 1 is 1.50 bits per heavy atom. The normalized spacial score (nSPS) is 21.1. The summed E-state index contributed by atoms with van der Waals surface area (Å²) < 4.78 is 4.94. The second kappa shape index (κ2) is 7.14. The van der Waals surface area contributed by atoms with E-state index < -0.39 is 6.10 Å². The number of nitrogens with one attached hydrogen (secondary N) is 1. The van der Waals surface area contributed by atoms with E-state index in [1.165, 1.54) is 16.9 Å². The van der Waals surface area contributed by atoms with Crippen LogP contribution in [0.3, 0.4) is 0 Å². The molecule has 1 aromatic rings. The van der Waals surface area contributed by atoms with Crippen molar-refractivity contribution in [1.82, 2.24) is 5.32 Å². The molecule has 0 amide bonds. The van der Waals surface area contributed by atoms with Crippen molar-refractivity contribution in [2.75, 3.05) is 31.8 Å². The van der Waals surface area contributed by atoms with Crippen LogP contribution in [0.4, 0.5) is 0 Å². The second-order valence-electron chi connectivity index (χ2n) is 4.59. The van der Waals surface area contributed by atoms with E-state index in [2.05, 4.69) is 29.6 Å². The largest absolute Gasteiger partial charge is 0.389 e. The van der Waals surface area contributed by atoms with E-state index in [9.17, 15) is 5.11 Å². The molecule has 0 bridgehead atoms. The monoisotopic (exact) mass is 267 g/mol. The van der Waals surface area contributed by atoms with E-state index in [1.807, 2.05) is 11.8 Å². The molecular formula is C14H21NO2S. The van der Waals surface area contributed by atoms with Crippen LogP contribution in [0.15, 0.2) is 24.3 Å². The Balaban J connectivity index is 1.99. The number of methoxy groups -OCH3 is 1. The van der Waals surface area contributed by atoms with Gasteiger partial charge in [0.2, 0.25) is 0 Å². The maximum atomic E-state index is 9.70. The third kappa shape index (κ3) is 3.72. The van der Waals surface area contributed by atoms with Crippen molar-refractivity contribution in [1.29, 1.82) is 0 Å². The van der Waals surface area contributed by atoms with Gasteiger partial charge in [-0.15, -0.1) is 0 Å². The molecule has 0 spiro atoms. The smallest absolute Gasteiger partial charge is 0.0897 e. The molecule has 0 fully saturated rings. The molecule has 1 aliphatic rings. The molecule has 3 nitrogen and oxygen atoms in total. The summed E-state index contributed by atoms with van der Waals surface area (Å²) in [7, 11) is 1.61. The van der Waals surface area contributed by atoms with Gasteiger partial charge in [-0.1, -0.05) is 24.3 Å². The summed E-state index contributed by atoms with van der Waals surface area (Å²) in [6.07, 6.45) is 0.704. The Kier molecular flexibility index (Phi) is 5.50. The lowest BCUT2D eigenvalue weighted by molar-refractivity contribution is 0.0631. The zero-order chi connectivity index (χ0) is 12.8. The maximum Gasteiger partial charge on any atom is 0.0897 e. The Morgan fingerprint density at radius 3 is 3.17 bits per heavy atom. The molecule has 0 aromatic heterocycles. The van der Waals surface area contributed by atoms with E-state index in [0.717, 1.165) is 12.2 Å². The van der Waals surface area contributed by atoms with Gasteiger partial charge >= 0.3 is 0 Å². The van der Waals surface area contributed by atoms with Crippen molar-refractivity contribution in [2.45, 2.75) is 18.6 Å². The highest BCUT2D eigenvalue weighted by molar-refractivity contribution is 7.99. The van der Waals surface area contributed by atoms with Gasteiger partial charge in [0.05, 0.1) is 12.7 Å². The first kappa shape index (κ1) is 13.9. The average molecular weight is 267 g/mol. The fourth-order valence-corrected chi connectivity index (χ4v) is 3.34. The van der Waals surface area contributed by atoms with Crippen LogP contribution >= 0.6 is 11.8 Å². The number of fused-ring (bicyclic) bond motifs is 1. The number of aryl methyl sites for hydroxylation is 1. The van der Waals surface area contributed by atoms with Gasteiger partial charge in [-0.2, -0.15) is 11.8 Å². The molecule has 0 saturated carbocycles. The number of aliphatic hydroxyl groups is 1. The Morgan fingerprint density at radius 2 is 2.33 bits per heavy atom. The molecule has 1 aromatic carbocycles. The van der Waals surface area contributed by atoms with Crippen LogP contribution in [0.25, 0.3) is 0 Å². The summed E-state index contributed by atoms with van der Waals surface area (Å²) in [6, 6.07) is 8.93. The minimum absolute atomic E-state index is 0.334. The number of benzene rings is 1. The first-order valence-electron chi connectivity index (χ1n) is 6.37. The van der Waals surface area contributed by atoms with Crippen LogP contribution in [-0.4, -0.2) is 43.0 Å². The molecule has 1 heterocycles. The minimum Gasteiger partial charge on any atom is -0.389 e. The second-order valence-corrected chi connectivity index (χ2v) is 5.74. The minimum atomic E-state index is -0.435. The van der Waals surface area contributed by atoms with Crippen molar-refractivity contribution in [3.05, 3.63) is 35.4 Å². The molecule has 2 unspecified atom stereocenters. The predicted molar refractivity (Wildman–Crippen MR) is 76.1 cm³/mol. The topological polar surface area (TPSA) is 41.5 Å². The summed E-state index contributed by atoms with van der Waals surface area (Å²) in [5, 5.41) is 13.2. The number of ether oxygens (including phenoxy) is 1. The molecule has 100 valence electrons. The van der Waals surface area contributed by atoms with Gasteiger partial charge in [-0.25, -0.2) is 0 Å². The van der Waals surface area contributed by atoms with Crippen LogP contribution in [-0.2, 0) is 11.2 Å². The molecule has 2 N–H and O–H groups in total. The van der Waals surface area contributed by atoms with E-state index in [1.54, 1.807) is 7.11 Å². The summed E-state index contributed by atoms with van der Waals surface area (Å²) in [4.78, 5) is 0. The summed E-state index contributed by atoms with van der Waals surface area (Å²) in [5.74, 6) is 2.24. The van der Waals surface area contributed by atoms with Crippen molar-refractivity contribution < 1.29 is 9.84 Å². The Hall–Kier alpha value is -0.550. The predicted octanol–water partition coefficient (Wildman–Crippen LogP) is 1.61. The highest BCUT2D eigenvalue weighted by Crippen LogP contribution is 2.27. The summed E-state index contributed by atoms with van der Waals surface area (Å²) in [5.41, 5.74) is 2.81. The van der Waals surface area contributed by atoms with Crippen LogP contribution in [0.5, 0.6) is 0 Å². The Bertz CT molecular complexity index is 373.